The van der Waals surface area contributed by atoms with Crippen LogP contribution in [0.2, 0.25) is 0 Å². The van der Waals surface area contributed by atoms with Crippen LogP contribution in [0.4, 0.5) is 5.69 Å². The molecule has 0 aliphatic heterocycles. The maximum atomic E-state index is 10.7. The fourth-order valence-corrected chi connectivity index (χ4v) is 1.89. The maximum Gasteiger partial charge on any atom is 0.380 e. The summed E-state index contributed by atoms with van der Waals surface area (Å²) in [6, 6.07) is 13.9. The van der Waals surface area contributed by atoms with Crippen LogP contribution in [-0.4, -0.2) is 8.42 Å². The summed E-state index contributed by atoms with van der Waals surface area (Å²) in [6.45, 7) is 0. The zero-order valence-corrected chi connectivity index (χ0v) is 10.2. The van der Waals surface area contributed by atoms with Gasteiger partial charge in [-0.25, -0.2) is 0 Å². The van der Waals surface area contributed by atoms with Crippen LogP contribution in [-0.2, 0) is 10.3 Å². The van der Waals surface area contributed by atoms with Crippen molar-refractivity contribution < 1.29 is 12.6 Å². The summed E-state index contributed by atoms with van der Waals surface area (Å²) >= 11 is 0. The number of rotatable bonds is 3. The van der Waals surface area contributed by atoms with E-state index in [1.165, 1.54) is 12.1 Å². The van der Waals surface area contributed by atoms with Gasteiger partial charge in [-0.3, -0.25) is 0 Å². The Morgan fingerprint density at radius 3 is 1.72 bits per heavy atom. The minimum Gasteiger partial charge on any atom is -0.399 e. The van der Waals surface area contributed by atoms with Gasteiger partial charge >= 0.3 is 10.3 Å². The molecular formula is C12H12N2O3S. The quantitative estimate of drug-likeness (QED) is 0.821. The average molecular weight is 264 g/mol. The number of nitrogen functional groups attached to an aromatic ring is 1. The van der Waals surface area contributed by atoms with Gasteiger partial charge in [-0.05, 0) is 35.4 Å². The van der Waals surface area contributed by atoms with E-state index in [4.69, 9.17) is 10.9 Å². The molecule has 0 aliphatic carbocycles. The summed E-state index contributed by atoms with van der Waals surface area (Å²) in [4.78, 5) is 0. The third-order valence-electron chi connectivity index (χ3n) is 2.31. The van der Waals surface area contributed by atoms with Crippen molar-refractivity contribution in [2.75, 3.05) is 5.73 Å². The molecule has 0 aromatic heterocycles. The lowest BCUT2D eigenvalue weighted by Gasteiger charge is -2.05. The fraction of sp³-hybridized carbons (Fsp3) is 0. The predicted molar refractivity (Wildman–Crippen MR) is 70.0 cm³/mol. The normalized spacial score (nSPS) is 11.2. The Kier molecular flexibility index (Phi) is 3.22. The summed E-state index contributed by atoms with van der Waals surface area (Å²) < 4.78 is 26.0. The number of hydrogen-bond donors (Lipinski definition) is 2. The summed E-state index contributed by atoms with van der Waals surface area (Å²) in [7, 11) is -3.98. The zero-order chi connectivity index (χ0) is 13.2. The first-order chi connectivity index (χ1) is 8.44. The highest BCUT2D eigenvalue weighted by atomic mass is 32.2. The Hall–Kier alpha value is -2.05. The second-order valence-electron chi connectivity index (χ2n) is 3.72. The molecule has 0 unspecified atom stereocenters. The third-order valence-corrected chi connectivity index (χ3v) is 2.74. The standard InChI is InChI=1S/C12H12N2O3S/c13-11-5-1-9(2-6-11)10-3-7-12(8-4-10)17-18(14,15)16/h1-8H,13H2,(H2,14,15,16). The molecule has 0 bridgehead atoms. The molecule has 0 saturated carbocycles. The molecule has 0 saturated heterocycles. The molecule has 0 heterocycles. The Morgan fingerprint density at radius 2 is 1.28 bits per heavy atom. The van der Waals surface area contributed by atoms with Crippen LogP contribution in [0.1, 0.15) is 0 Å². The fourth-order valence-electron chi connectivity index (χ4n) is 1.51. The van der Waals surface area contributed by atoms with Crippen molar-refractivity contribution in [3.8, 4) is 16.9 Å². The first-order valence-electron chi connectivity index (χ1n) is 5.12. The molecule has 2 aromatic carbocycles. The largest absolute Gasteiger partial charge is 0.399 e. The van der Waals surface area contributed by atoms with E-state index in [2.05, 4.69) is 4.18 Å². The number of benzene rings is 2. The minimum absolute atomic E-state index is 0.177. The van der Waals surface area contributed by atoms with Crippen molar-refractivity contribution in [1.29, 1.82) is 0 Å². The van der Waals surface area contributed by atoms with Gasteiger partial charge in [0.1, 0.15) is 5.75 Å². The molecule has 0 fully saturated rings. The van der Waals surface area contributed by atoms with E-state index in [-0.39, 0.29) is 5.75 Å². The lowest BCUT2D eigenvalue weighted by Crippen LogP contribution is -2.18. The van der Waals surface area contributed by atoms with E-state index in [0.717, 1.165) is 11.1 Å². The van der Waals surface area contributed by atoms with Crippen molar-refractivity contribution in [3.63, 3.8) is 0 Å². The Balaban J connectivity index is 2.25. The van der Waals surface area contributed by atoms with Gasteiger partial charge < -0.3 is 9.92 Å². The molecular weight excluding hydrogens is 252 g/mol. The molecule has 2 aromatic rings. The SMILES string of the molecule is Nc1ccc(-c2ccc(OS(N)(=O)=O)cc2)cc1. The molecule has 6 heteroatoms. The van der Waals surface area contributed by atoms with E-state index >= 15 is 0 Å². The molecule has 4 N–H and O–H groups in total. The average Bonchev–Trinajstić information content (AvgIpc) is 2.29. The number of hydrogen-bond acceptors (Lipinski definition) is 4. The molecule has 5 nitrogen and oxygen atoms in total. The van der Waals surface area contributed by atoms with Crippen molar-refractivity contribution in [1.82, 2.24) is 0 Å². The Morgan fingerprint density at radius 1 is 0.833 bits per heavy atom. The van der Waals surface area contributed by atoms with E-state index in [0.29, 0.717) is 5.69 Å². The number of nitrogens with two attached hydrogens (primary N) is 2. The van der Waals surface area contributed by atoms with Crippen LogP contribution in [0.15, 0.2) is 48.5 Å². The first kappa shape index (κ1) is 12.4. The summed E-state index contributed by atoms with van der Waals surface area (Å²) in [5, 5.41) is 4.77. The molecule has 0 aliphatic rings. The van der Waals surface area contributed by atoms with Gasteiger partial charge in [-0.2, -0.15) is 13.6 Å². The van der Waals surface area contributed by atoms with Gasteiger partial charge in [-0.1, -0.05) is 24.3 Å². The minimum atomic E-state index is -3.98. The summed E-state index contributed by atoms with van der Waals surface area (Å²) in [5.41, 5.74) is 8.19. The van der Waals surface area contributed by atoms with Crippen molar-refractivity contribution >= 4 is 16.0 Å². The molecule has 0 atom stereocenters. The predicted octanol–water partition coefficient (Wildman–Crippen LogP) is 1.52. The first-order valence-corrected chi connectivity index (χ1v) is 6.59. The number of anilines is 1. The van der Waals surface area contributed by atoms with Crippen molar-refractivity contribution in [2.45, 2.75) is 0 Å². The monoisotopic (exact) mass is 264 g/mol. The van der Waals surface area contributed by atoms with E-state index < -0.39 is 10.3 Å². The van der Waals surface area contributed by atoms with Crippen LogP contribution >= 0.6 is 0 Å². The van der Waals surface area contributed by atoms with Crippen LogP contribution in [0, 0.1) is 0 Å². The molecule has 94 valence electrons. The van der Waals surface area contributed by atoms with E-state index in [1.54, 1.807) is 24.3 Å². The smallest absolute Gasteiger partial charge is 0.380 e. The molecule has 0 spiro atoms. The molecule has 0 amide bonds. The van der Waals surface area contributed by atoms with Gasteiger partial charge in [0.15, 0.2) is 0 Å². The van der Waals surface area contributed by atoms with Gasteiger partial charge in [0, 0.05) is 5.69 Å². The summed E-state index contributed by atoms with van der Waals surface area (Å²) in [5.74, 6) is 0.177. The Bertz CT molecular complexity index is 634. The van der Waals surface area contributed by atoms with Crippen LogP contribution < -0.4 is 15.1 Å². The lowest BCUT2D eigenvalue weighted by molar-refractivity contribution is 0.488. The highest BCUT2D eigenvalue weighted by molar-refractivity contribution is 7.84. The van der Waals surface area contributed by atoms with Crippen LogP contribution in [0.25, 0.3) is 11.1 Å². The Labute approximate surface area is 105 Å². The third kappa shape index (κ3) is 3.22. The van der Waals surface area contributed by atoms with E-state index in [9.17, 15) is 8.42 Å². The van der Waals surface area contributed by atoms with Gasteiger partial charge in [0.25, 0.3) is 0 Å². The van der Waals surface area contributed by atoms with Gasteiger partial charge in [0.05, 0.1) is 0 Å². The topological polar surface area (TPSA) is 95.4 Å². The molecule has 0 radical (unpaired) electrons. The highest BCUT2D eigenvalue weighted by Crippen LogP contribution is 2.23. The lowest BCUT2D eigenvalue weighted by atomic mass is 10.1. The second-order valence-corrected chi connectivity index (χ2v) is 4.87. The van der Waals surface area contributed by atoms with Crippen molar-refractivity contribution in [2.24, 2.45) is 5.14 Å². The summed E-state index contributed by atoms with van der Waals surface area (Å²) in [6.07, 6.45) is 0. The molecule has 2 rings (SSSR count). The maximum absolute atomic E-state index is 10.7. The van der Waals surface area contributed by atoms with Gasteiger partial charge in [-0.15, -0.1) is 0 Å². The van der Waals surface area contributed by atoms with Crippen LogP contribution in [0.5, 0.6) is 5.75 Å². The molecule has 18 heavy (non-hydrogen) atoms. The van der Waals surface area contributed by atoms with E-state index in [1.807, 2.05) is 12.1 Å². The van der Waals surface area contributed by atoms with Crippen molar-refractivity contribution in [3.05, 3.63) is 48.5 Å². The van der Waals surface area contributed by atoms with Gasteiger partial charge in [0.2, 0.25) is 0 Å². The zero-order valence-electron chi connectivity index (χ0n) is 9.41. The highest BCUT2D eigenvalue weighted by Gasteiger charge is 2.05. The van der Waals surface area contributed by atoms with Crippen LogP contribution in [0.3, 0.4) is 0 Å². The second kappa shape index (κ2) is 4.67.